The van der Waals surface area contributed by atoms with Crippen LogP contribution in [-0.4, -0.2) is 71.7 Å². The van der Waals surface area contributed by atoms with E-state index in [1.54, 1.807) is 6.92 Å². The van der Waals surface area contributed by atoms with Crippen molar-refractivity contribution in [3.63, 3.8) is 0 Å². The fourth-order valence-electron chi connectivity index (χ4n) is 5.62. The first-order valence-corrected chi connectivity index (χ1v) is 10.3. The average Bonchev–Trinajstić information content (AvgIpc) is 3.36. The van der Waals surface area contributed by atoms with E-state index in [0.29, 0.717) is 38.5 Å². The van der Waals surface area contributed by atoms with Gasteiger partial charge in [-0.15, -0.1) is 0 Å². The number of amides is 3. The molecule has 26 heavy (non-hydrogen) atoms. The van der Waals surface area contributed by atoms with Gasteiger partial charge in [-0.25, -0.2) is 0 Å². The summed E-state index contributed by atoms with van der Waals surface area (Å²) >= 11 is 0. The summed E-state index contributed by atoms with van der Waals surface area (Å²) in [4.78, 5) is 43.9. The third-order valence-electron chi connectivity index (χ3n) is 7.16. The Balaban J connectivity index is 1.50. The number of likely N-dealkylation sites (tertiary alicyclic amines) is 3. The van der Waals surface area contributed by atoms with Crippen LogP contribution >= 0.6 is 0 Å². The fourth-order valence-corrected chi connectivity index (χ4v) is 5.62. The quantitative estimate of drug-likeness (QED) is 0.765. The Hall–Kier alpha value is -1.59. The van der Waals surface area contributed by atoms with Crippen LogP contribution in [0.1, 0.15) is 51.9 Å². The second kappa shape index (κ2) is 6.86. The largest absolute Gasteiger partial charge is 0.342 e. The number of carbonyl (C=O) groups excluding carboxylic acids is 3. The standard InChI is InChI=1S/C20H31N3O3/c1-15(24)22-11-17-12-23(18(25)10-16-6-2-3-7-16)14-20(17,13-22)19(26)21-8-4-5-9-21/h16-17H,2-14H2,1H3/t17-,20-/m0/s1. The second-order valence-corrected chi connectivity index (χ2v) is 8.88. The van der Waals surface area contributed by atoms with Gasteiger partial charge in [-0.3, -0.25) is 14.4 Å². The van der Waals surface area contributed by atoms with Gasteiger partial charge in [0.1, 0.15) is 0 Å². The van der Waals surface area contributed by atoms with Crippen molar-refractivity contribution in [3.05, 3.63) is 0 Å². The first-order chi connectivity index (χ1) is 12.5. The third-order valence-corrected chi connectivity index (χ3v) is 7.16. The molecule has 1 aliphatic carbocycles. The molecule has 2 atom stereocenters. The van der Waals surface area contributed by atoms with Crippen molar-refractivity contribution in [1.82, 2.24) is 14.7 Å². The number of carbonyl (C=O) groups is 3. The highest BCUT2D eigenvalue weighted by Gasteiger charge is 2.59. The van der Waals surface area contributed by atoms with E-state index in [2.05, 4.69) is 0 Å². The Labute approximate surface area is 155 Å². The molecule has 1 saturated carbocycles. The smallest absolute Gasteiger partial charge is 0.232 e. The Morgan fingerprint density at radius 3 is 2.15 bits per heavy atom. The molecule has 6 heteroatoms. The zero-order valence-electron chi connectivity index (χ0n) is 15.9. The number of nitrogens with zero attached hydrogens (tertiary/aromatic N) is 3. The van der Waals surface area contributed by atoms with E-state index in [1.165, 1.54) is 25.7 Å². The SMILES string of the molecule is CC(=O)N1C[C@H]2CN(C(=O)CC3CCCC3)C[C@@]2(C(=O)N2CCCC2)C1. The van der Waals surface area contributed by atoms with E-state index in [4.69, 9.17) is 0 Å². The summed E-state index contributed by atoms with van der Waals surface area (Å²) in [6, 6.07) is 0. The minimum atomic E-state index is -0.568. The first kappa shape index (κ1) is 17.8. The van der Waals surface area contributed by atoms with Crippen molar-refractivity contribution in [2.45, 2.75) is 51.9 Å². The molecule has 0 unspecified atom stereocenters. The number of hydrogen-bond acceptors (Lipinski definition) is 3. The highest BCUT2D eigenvalue weighted by molar-refractivity contribution is 5.88. The lowest BCUT2D eigenvalue weighted by atomic mass is 9.79. The molecule has 0 aromatic heterocycles. The molecule has 4 aliphatic rings. The number of fused-ring (bicyclic) bond motifs is 1. The maximum atomic E-state index is 13.4. The van der Waals surface area contributed by atoms with Crippen molar-refractivity contribution in [1.29, 1.82) is 0 Å². The van der Waals surface area contributed by atoms with Gasteiger partial charge in [0.2, 0.25) is 17.7 Å². The summed E-state index contributed by atoms with van der Waals surface area (Å²) < 4.78 is 0. The Kier molecular flexibility index (Phi) is 4.70. The normalized spacial score (nSPS) is 31.7. The Morgan fingerprint density at radius 2 is 1.50 bits per heavy atom. The monoisotopic (exact) mass is 361 g/mol. The van der Waals surface area contributed by atoms with E-state index in [-0.39, 0.29) is 23.6 Å². The van der Waals surface area contributed by atoms with Gasteiger partial charge >= 0.3 is 0 Å². The summed E-state index contributed by atoms with van der Waals surface area (Å²) in [5.41, 5.74) is -0.568. The van der Waals surface area contributed by atoms with E-state index < -0.39 is 5.41 Å². The molecule has 0 bridgehead atoms. The molecule has 4 rings (SSSR count). The topological polar surface area (TPSA) is 60.9 Å². The molecule has 0 radical (unpaired) electrons. The van der Waals surface area contributed by atoms with Gasteiger partial charge in [0.05, 0.1) is 5.41 Å². The van der Waals surface area contributed by atoms with Crippen molar-refractivity contribution in [2.75, 3.05) is 39.3 Å². The Morgan fingerprint density at radius 1 is 0.885 bits per heavy atom. The molecule has 0 aromatic rings. The lowest BCUT2D eigenvalue weighted by molar-refractivity contribution is -0.142. The van der Waals surface area contributed by atoms with Gasteiger partial charge in [-0.05, 0) is 31.6 Å². The molecule has 3 amide bonds. The molecule has 3 saturated heterocycles. The molecule has 3 aliphatic heterocycles. The summed E-state index contributed by atoms with van der Waals surface area (Å²) in [6.07, 6.45) is 7.58. The van der Waals surface area contributed by atoms with Crippen LogP contribution in [0, 0.1) is 17.3 Å². The van der Waals surface area contributed by atoms with Crippen molar-refractivity contribution in [3.8, 4) is 0 Å². The van der Waals surface area contributed by atoms with Gasteiger partial charge in [-0.2, -0.15) is 0 Å². The molecule has 4 fully saturated rings. The fraction of sp³-hybridized carbons (Fsp3) is 0.850. The Bertz CT molecular complexity index is 595. The van der Waals surface area contributed by atoms with Crippen molar-refractivity contribution < 1.29 is 14.4 Å². The van der Waals surface area contributed by atoms with Gasteiger partial charge in [0.15, 0.2) is 0 Å². The molecule has 144 valence electrons. The molecule has 0 aromatic carbocycles. The summed E-state index contributed by atoms with van der Waals surface area (Å²) in [5, 5.41) is 0. The summed E-state index contributed by atoms with van der Waals surface area (Å²) in [7, 11) is 0. The predicted molar refractivity (Wildman–Crippen MR) is 97.1 cm³/mol. The molecule has 3 heterocycles. The lowest BCUT2D eigenvalue weighted by Crippen LogP contribution is -2.49. The maximum Gasteiger partial charge on any atom is 0.232 e. The molecular weight excluding hydrogens is 330 g/mol. The zero-order valence-corrected chi connectivity index (χ0v) is 15.9. The van der Waals surface area contributed by atoms with Crippen LogP contribution in [0.15, 0.2) is 0 Å². The average molecular weight is 361 g/mol. The first-order valence-electron chi connectivity index (χ1n) is 10.3. The van der Waals surface area contributed by atoms with Crippen molar-refractivity contribution >= 4 is 17.7 Å². The highest BCUT2D eigenvalue weighted by atomic mass is 16.2. The predicted octanol–water partition coefficient (Wildman–Crippen LogP) is 1.50. The van der Waals surface area contributed by atoms with Gasteiger partial charge in [0.25, 0.3) is 0 Å². The van der Waals surface area contributed by atoms with Crippen LogP contribution in [-0.2, 0) is 14.4 Å². The van der Waals surface area contributed by atoms with Crippen LogP contribution in [0.5, 0.6) is 0 Å². The summed E-state index contributed by atoms with van der Waals surface area (Å²) in [5.74, 6) is 1.06. The van der Waals surface area contributed by atoms with E-state index >= 15 is 0 Å². The van der Waals surface area contributed by atoms with Gasteiger partial charge in [-0.1, -0.05) is 12.8 Å². The minimum Gasteiger partial charge on any atom is -0.342 e. The molecule has 6 nitrogen and oxygen atoms in total. The van der Waals surface area contributed by atoms with Crippen LogP contribution in [0.25, 0.3) is 0 Å². The molecular formula is C20H31N3O3. The van der Waals surface area contributed by atoms with Crippen LogP contribution < -0.4 is 0 Å². The second-order valence-electron chi connectivity index (χ2n) is 8.88. The maximum absolute atomic E-state index is 13.4. The van der Waals surface area contributed by atoms with Crippen LogP contribution in [0.4, 0.5) is 0 Å². The highest BCUT2D eigenvalue weighted by Crippen LogP contribution is 2.45. The van der Waals surface area contributed by atoms with Crippen molar-refractivity contribution in [2.24, 2.45) is 17.3 Å². The van der Waals surface area contributed by atoms with Gasteiger partial charge in [0, 0.05) is 58.5 Å². The van der Waals surface area contributed by atoms with E-state index in [0.717, 1.165) is 25.9 Å². The number of hydrogen-bond donors (Lipinski definition) is 0. The molecule has 0 spiro atoms. The third kappa shape index (κ3) is 3.01. The van der Waals surface area contributed by atoms with E-state index in [1.807, 2.05) is 14.7 Å². The minimum absolute atomic E-state index is 0.0387. The zero-order chi connectivity index (χ0) is 18.3. The number of rotatable bonds is 3. The van der Waals surface area contributed by atoms with Crippen LogP contribution in [0.2, 0.25) is 0 Å². The van der Waals surface area contributed by atoms with Gasteiger partial charge < -0.3 is 14.7 Å². The van der Waals surface area contributed by atoms with Crippen LogP contribution in [0.3, 0.4) is 0 Å². The summed E-state index contributed by atoms with van der Waals surface area (Å²) in [6.45, 7) is 5.46. The lowest BCUT2D eigenvalue weighted by Gasteiger charge is -2.32. The van der Waals surface area contributed by atoms with E-state index in [9.17, 15) is 14.4 Å². The molecule has 0 N–H and O–H groups in total.